The van der Waals surface area contributed by atoms with Crippen LogP contribution in [0.15, 0.2) is 83.3 Å². The number of benzene rings is 4. The third-order valence-corrected chi connectivity index (χ3v) is 11.6. The molecule has 0 aliphatic carbocycles. The Hall–Kier alpha value is -3.88. The third-order valence-electron chi connectivity index (χ3n) is 11.1. The number of likely N-dealkylation sites (tertiary alicyclic amines) is 2. The third kappa shape index (κ3) is 10.7. The molecule has 0 aromatic heterocycles. The Labute approximate surface area is 343 Å². The van der Waals surface area contributed by atoms with E-state index in [-0.39, 0.29) is 24.3 Å². The van der Waals surface area contributed by atoms with Crippen LogP contribution in [0.3, 0.4) is 0 Å². The van der Waals surface area contributed by atoms with Crippen LogP contribution in [0, 0.1) is 11.8 Å². The van der Waals surface area contributed by atoms with E-state index < -0.39 is 11.2 Å². The van der Waals surface area contributed by atoms with Crippen molar-refractivity contribution >= 4 is 55.2 Å². The minimum atomic E-state index is -0.484. The smallest absolute Gasteiger partial charge is 0.410 e. The summed E-state index contributed by atoms with van der Waals surface area (Å²) in [5, 5.41) is 4.89. The average Bonchev–Trinajstić information content (AvgIpc) is 3.13. The Morgan fingerprint density at radius 3 is 1.61 bits per heavy atom. The molecule has 0 saturated carbocycles. The van der Waals surface area contributed by atoms with E-state index in [1.54, 1.807) is 0 Å². The molecule has 3 aliphatic heterocycles. The van der Waals surface area contributed by atoms with Gasteiger partial charge in [0.25, 0.3) is 0 Å². The second kappa shape index (κ2) is 17.3. The summed E-state index contributed by atoms with van der Waals surface area (Å²) in [7, 11) is 2.17. The number of hydrogen-bond acceptors (Lipinski definition) is 5. The highest BCUT2D eigenvalue weighted by molar-refractivity contribution is 9.10. The first kappa shape index (κ1) is 41.7. The zero-order valence-corrected chi connectivity index (χ0v) is 36.6. The van der Waals surface area contributed by atoms with E-state index in [9.17, 15) is 9.59 Å². The zero-order valence-electron chi connectivity index (χ0n) is 35.0. The van der Waals surface area contributed by atoms with Crippen LogP contribution in [0.1, 0.15) is 116 Å². The highest BCUT2D eigenvalue weighted by Crippen LogP contribution is 2.38. The molecule has 0 bridgehead atoms. The number of amides is 2. The van der Waals surface area contributed by atoms with Crippen molar-refractivity contribution in [3.05, 3.63) is 100 Å². The molecule has 2 saturated heterocycles. The number of fused-ring (bicyclic) bond motifs is 2. The van der Waals surface area contributed by atoms with E-state index in [0.717, 1.165) is 62.8 Å². The van der Waals surface area contributed by atoms with Crippen LogP contribution in [-0.2, 0) is 9.47 Å². The first-order valence-corrected chi connectivity index (χ1v) is 21.3. The number of halogens is 1. The number of carbonyl (C=O) groups is 2. The molecule has 0 spiro atoms. The molecule has 0 unspecified atom stereocenters. The van der Waals surface area contributed by atoms with E-state index >= 15 is 0 Å². The van der Waals surface area contributed by atoms with Crippen molar-refractivity contribution in [3.8, 4) is 0 Å². The number of likely N-dealkylation sites (N-methyl/N-ethyl adjacent to an activating group) is 1. The van der Waals surface area contributed by atoms with Crippen LogP contribution in [0.5, 0.6) is 0 Å². The maximum atomic E-state index is 13.0. The lowest BCUT2D eigenvalue weighted by Crippen LogP contribution is -2.44. The number of nitrogens with zero attached hydrogens (tertiary/aromatic N) is 3. The Morgan fingerprint density at radius 2 is 1.12 bits per heavy atom. The first-order chi connectivity index (χ1) is 26.4. The predicted molar refractivity (Wildman–Crippen MR) is 234 cm³/mol. The largest absolute Gasteiger partial charge is 0.444 e. The van der Waals surface area contributed by atoms with Gasteiger partial charge in [-0.05, 0) is 167 Å². The highest BCUT2D eigenvalue weighted by Gasteiger charge is 2.35. The summed E-state index contributed by atoms with van der Waals surface area (Å²) in [6, 6.07) is 26.4. The van der Waals surface area contributed by atoms with Gasteiger partial charge in [-0.15, -0.1) is 0 Å². The van der Waals surface area contributed by atoms with Gasteiger partial charge in [-0.2, -0.15) is 0 Å². The molecule has 0 radical (unpaired) electrons. The van der Waals surface area contributed by atoms with Crippen LogP contribution in [0.4, 0.5) is 9.59 Å². The van der Waals surface area contributed by atoms with Crippen molar-refractivity contribution in [2.24, 2.45) is 11.8 Å². The molecule has 4 aromatic carbocycles. The monoisotopic (exact) mass is 823 g/mol. The summed E-state index contributed by atoms with van der Waals surface area (Å²) in [5.74, 6) is 0.991. The molecular formula is C48H62BrN3O4. The van der Waals surface area contributed by atoms with Gasteiger partial charge in [0.2, 0.25) is 0 Å². The van der Waals surface area contributed by atoms with Gasteiger partial charge in [0, 0.05) is 30.7 Å². The summed E-state index contributed by atoms with van der Waals surface area (Å²) < 4.78 is 12.5. The second-order valence-electron chi connectivity index (χ2n) is 18.5. The summed E-state index contributed by atoms with van der Waals surface area (Å²) in [6.07, 6.45) is 7.23. The molecule has 4 atom stereocenters. The molecule has 300 valence electrons. The van der Waals surface area contributed by atoms with E-state index in [0.29, 0.717) is 11.8 Å². The van der Waals surface area contributed by atoms with Gasteiger partial charge in [0.15, 0.2) is 0 Å². The number of rotatable bonds is 3. The summed E-state index contributed by atoms with van der Waals surface area (Å²) in [4.78, 5) is 32.0. The fraction of sp³-hybridized carbons (Fsp3) is 0.500. The van der Waals surface area contributed by atoms with Crippen molar-refractivity contribution in [1.82, 2.24) is 14.7 Å². The molecule has 7 nitrogen and oxygen atoms in total. The van der Waals surface area contributed by atoms with Gasteiger partial charge in [0.1, 0.15) is 11.2 Å². The Bertz CT molecular complexity index is 2060. The van der Waals surface area contributed by atoms with Crippen molar-refractivity contribution in [2.75, 3.05) is 33.2 Å². The van der Waals surface area contributed by atoms with Crippen LogP contribution in [-0.4, -0.2) is 71.3 Å². The average molecular weight is 825 g/mol. The molecule has 2 amide bonds. The quantitative estimate of drug-likeness (QED) is 0.206. The Balaban J connectivity index is 0.000000194. The SMILES string of the molecule is C[C@H]1CC[C@H](c2ccc3ccc(Br)cc3c2)N(C(=O)OC(C)(C)C)C1.C[C@H]1CC[C@H](c2ccc3ccc(C4=CCN(C)CC4)cc3c2)N(C(=O)OC(C)(C)C)C1. The minimum absolute atomic E-state index is 0.0710. The van der Waals surface area contributed by atoms with E-state index in [1.807, 2.05) is 51.3 Å². The van der Waals surface area contributed by atoms with Crippen molar-refractivity contribution in [3.63, 3.8) is 0 Å². The van der Waals surface area contributed by atoms with Crippen molar-refractivity contribution in [2.45, 2.75) is 111 Å². The van der Waals surface area contributed by atoms with Gasteiger partial charge < -0.3 is 24.2 Å². The predicted octanol–water partition coefficient (Wildman–Crippen LogP) is 12.6. The van der Waals surface area contributed by atoms with Crippen molar-refractivity contribution < 1.29 is 19.1 Å². The molecule has 7 rings (SSSR count). The van der Waals surface area contributed by atoms with E-state index in [4.69, 9.17) is 9.47 Å². The maximum absolute atomic E-state index is 13.0. The van der Waals surface area contributed by atoms with Gasteiger partial charge in [-0.3, -0.25) is 0 Å². The number of hydrogen-bond donors (Lipinski definition) is 0. The van der Waals surface area contributed by atoms with Gasteiger partial charge >= 0.3 is 12.2 Å². The fourth-order valence-electron chi connectivity index (χ4n) is 8.19. The molecule has 0 N–H and O–H groups in total. The standard InChI is InChI=1S/C27H36N2O2.C21H26BrNO2/c1-19-6-11-25(29(18-19)26(30)31-27(2,3)4)23-10-8-20-7-9-22(16-24(20)17-23)21-12-14-28(5)15-13-21;1-14-5-10-19(23(13-14)20(24)25-21(2,3)4)16-7-6-15-8-9-18(22)12-17(15)11-16/h7-10,12,16-17,19,25H,6,11,13-15,18H2,1-5H3;6-9,11-12,14,19H,5,10,13H2,1-4H3/t19-,25+;14-,19+/m00/s1. The van der Waals surface area contributed by atoms with Gasteiger partial charge in [-0.25, -0.2) is 9.59 Å². The maximum Gasteiger partial charge on any atom is 0.410 e. The Kier molecular flexibility index (Phi) is 12.9. The van der Waals surface area contributed by atoms with Crippen LogP contribution >= 0.6 is 15.9 Å². The number of carbonyl (C=O) groups excluding carboxylic acids is 2. The first-order valence-electron chi connectivity index (χ1n) is 20.5. The Morgan fingerprint density at radius 1 is 0.643 bits per heavy atom. The molecule has 56 heavy (non-hydrogen) atoms. The van der Waals surface area contributed by atoms with Crippen LogP contribution < -0.4 is 0 Å². The lowest BCUT2D eigenvalue weighted by molar-refractivity contribution is 0.00278. The lowest BCUT2D eigenvalue weighted by Gasteiger charge is -2.39. The van der Waals surface area contributed by atoms with E-state index in [1.165, 1.54) is 43.8 Å². The second-order valence-corrected chi connectivity index (χ2v) is 19.4. The van der Waals surface area contributed by atoms with Gasteiger partial charge in [-0.1, -0.05) is 78.3 Å². The van der Waals surface area contributed by atoms with Crippen molar-refractivity contribution in [1.29, 1.82) is 0 Å². The zero-order chi connectivity index (χ0) is 40.4. The topological polar surface area (TPSA) is 62.3 Å². The number of piperidine rings is 2. The molecule has 4 aromatic rings. The summed E-state index contributed by atoms with van der Waals surface area (Å²) in [6.45, 7) is 19.6. The summed E-state index contributed by atoms with van der Waals surface area (Å²) in [5.41, 5.74) is 4.19. The number of ether oxygens (including phenoxy) is 2. The molecule has 2 fully saturated rings. The van der Waals surface area contributed by atoms with E-state index in [2.05, 4.69) is 121 Å². The van der Waals surface area contributed by atoms with Gasteiger partial charge in [0.05, 0.1) is 12.1 Å². The molecule has 3 aliphatic rings. The highest BCUT2D eigenvalue weighted by atomic mass is 79.9. The lowest BCUT2D eigenvalue weighted by atomic mass is 9.89. The van der Waals surface area contributed by atoms with Crippen LogP contribution in [0.2, 0.25) is 0 Å². The summed E-state index contributed by atoms with van der Waals surface area (Å²) >= 11 is 3.54. The fourth-order valence-corrected chi connectivity index (χ4v) is 8.57. The molecule has 8 heteroatoms. The van der Waals surface area contributed by atoms with Crippen LogP contribution in [0.25, 0.3) is 27.1 Å². The minimum Gasteiger partial charge on any atom is -0.444 e. The molecule has 3 heterocycles. The molecular weight excluding hydrogens is 762 g/mol. The normalized spacial score (nSPS) is 22.3.